The van der Waals surface area contributed by atoms with Crippen molar-refractivity contribution in [2.24, 2.45) is 0 Å². The summed E-state index contributed by atoms with van der Waals surface area (Å²) in [5.41, 5.74) is 3.66. The number of carbonyl (C=O) groups excluding carboxylic acids is 2. The molecule has 1 aliphatic heterocycles. The molecule has 1 fully saturated rings. The molecular formula is C29H34FN5O3S. The van der Waals surface area contributed by atoms with E-state index in [0.717, 1.165) is 30.2 Å². The first kappa shape index (κ1) is 28.5. The molecule has 0 spiro atoms. The molecule has 10 heteroatoms. The molecular weight excluding hydrogens is 517 g/mol. The lowest BCUT2D eigenvalue weighted by Gasteiger charge is -2.31. The predicted octanol–water partition coefficient (Wildman–Crippen LogP) is 4.61. The molecule has 2 heterocycles. The fraction of sp³-hybridized carbons (Fsp3) is 0.379. The van der Waals surface area contributed by atoms with Gasteiger partial charge in [0.1, 0.15) is 11.9 Å². The van der Waals surface area contributed by atoms with Crippen LogP contribution >= 0.6 is 11.8 Å². The highest BCUT2D eigenvalue weighted by Gasteiger charge is 2.29. The average Bonchev–Trinajstić information content (AvgIpc) is 2.93. The molecule has 2 amide bonds. The van der Waals surface area contributed by atoms with Crippen LogP contribution < -0.4 is 10.2 Å². The number of thioether (sulfide) groups is 1. The van der Waals surface area contributed by atoms with Gasteiger partial charge in [-0.3, -0.25) is 9.59 Å². The molecule has 0 aliphatic carbocycles. The van der Waals surface area contributed by atoms with Gasteiger partial charge in [-0.05, 0) is 56.7 Å². The summed E-state index contributed by atoms with van der Waals surface area (Å²) >= 11 is 1.21. The Morgan fingerprint density at radius 3 is 2.38 bits per heavy atom. The summed E-state index contributed by atoms with van der Waals surface area (Å²) in [6.45, 7) is 8.58. The van der Waals surface area contributed by atoms with Gasteiger partial charge < -0.3 is 19.9 Å². The minimum atomic E-state index is -0.795. The second-order valence-corrected chi connectivity index (χ2v) is 10.3. The van der Waals surface area contributed by atoms with Crippen LogP contribution in [0.4, 0.5) is 15.8 Å². The molecule has 1 N–H and O–H groups in total. The van der Waals surface area contributed by atoms with Crippen molar-refractivity contribution in [2.45, 2.75) is 44.9 Å². The van der Waals surface area contributed by atoms with Gasteiger partial charge in [-0.1, -0.05) is 36.9 Å². The van der Waals surface area contributed by atoms with Crippen LogP contribution in [0.25, 0.3) is 0 Å². The quantitative estimate of drug-likeness (QED) is 0.291. The molecule has 0 bridgehead atoms. The number of halogens is 1. The normalized spacial score (nSPS) is 14.1. The zero-order chi connectivity index (χ0) is 27.8. The van der Waals surface area contributed by atoms with Crippen LogP contribution in [0.1, 0.15) is 30.3 Å². The van der Waals surface area contributed by atoms with E-state index in [1.54, 1.807) is 18.2 Å². The summed E-state index contributed by atoms with van der Waals surface area (Å²) in [6.07, 6.45) is 0.364. The van der Waals surface area contributed by atoms with Gasteiger partial charge in [0, 0.05) is 48.0 Å². The highest BCUT2D eigenvalue weighted by molar-refractivity contribution is 7.99. The zero-order valence-electron chi connectivity index (χ0n) is 22.5. The summed E-state index contributed by atoms with van der Waals surface area (Å²) in [7, 11) is 0. The molecule has 0 radical (unpaired) electrons. The number of morpholine rings is 1. The Balaban J connectivity index is 1.50. The fourth-order valence-corrected chi connectivity index (χ4v) is 5.34. The van der Waals surface area contributed by atoms with Crippen molar-refractivity contribution in [3.05, 3.63) is 77.4 Å². The van der Waals surface area contributed by atoms with Gasteiger partial charge in [-0.25, -0.2) is 14.4 Å². The molecule has 4 rings (SSSR count). The van der Waals surface area contributed by atoms with Crippen LogP contribution in [0.15, 0.2) is 59.8 Å². The van der Waals surface area contributed by atoms with E-state index in [1.807, 2.05) is 51.1 Å². The lowest BCUT2D eigenvalue weighted by molar-refractivity contribution is -0.137. The molecule has 2 aromatic carbocycles. The Hall–Kier alpha value is -3.50. The molecule has 3 aromatic rings. The van der Waals surface area contributed by atoms with Gasteiger partial charge in [-0.2, -0.15) is 0 Å². The van der Waals surface area contributed by atoms with E-state index in [1.165, 1.54) is 22.7 Å². The van der Waals surface area contributed by atoms with Crippen LogP contribution in [0.5, 0.6) is 0 Å². The Morgan fingerprint density at radius 2 is 1.74 bits per heavy atom. The molecule has 1 unspecified atom stereocenters. The number of rotatable bonds is 10. The minimum Gasteiger partial charge on any atom is -0.378 e. The highest BCUT2D eigenvalue weighted by atomic mass is 32.2. The summed E-state index contributed by atoms with van der Waals surface area (Å²) in [5, 5.41) is 3.44. The lowest BCUT2D eigenvalue weighted by atomic mass is 10.1. The van der Waals surface area contributed by atoms with E-state index < -0.39 is 11.9 Å². The van der Waals surface area contributed by atoms with E-state index in [-0.39, 0.29) is 24.1 Å². The maximum absolute atomic E-state index is 14.6. The molecule has 1 aliphatic rings. The molecule has 1 atom stereocenters. The monoisotopic (exact) mass is 551 g/mol. The molecule has 1 saturated heterocycles. The van der Waals surface area contributed by atoms with Gasteiger partial charge in [0.2, 0.25) is 11.8 Å². The average molecular weight is 552 g/mol. The summed E-state index contributed by atoms with van der Waals surface area (Å²) in [5.74, 6) is -1.02. The third-order valence-electron chi connectivity index (χ3n) is 6.48. The van der Waals surface area contributed by atoms with E-state index >= 15 is 0 Å². The molecule has 206 valence electrons. The highest BCUT2D eigenvalue weighted by Crippen LogP contribution is 2.22. The SMILES string of the molecule is CCC(C(=O)Nc1ccc(N2CCOCC2)cc1)N(Cc1ccccc1F)C(=O)CSc1nc(C)cc(C)n1. The Labute approximate surface area is 233 Å². The fourth-order valence-electron chi connectivity index (χ4n) is 4.50. The second kappa shape index (κ2) is 13.5. The summed E-state index contributed by atoms with van der Waals surface area (Å²) in [4.78, 5) is 39.4. The Kier molecular flexibility index (Phi) is 9.89. The maximum atomic E-state index is 14.6. The number of aryl methyl sites for hydroxylation is 2. The third kappa shape index (κ3) is 7.77. The first-order valence-electron chi connectivity index (χ1n) is 13.1. The number of ether oxygens (including phenoxy) is 1. The number of amides is 2. The summed E-state index contributed by atoms with van der Waals surface area (Å²) in [6, 6.07) is 15.0. The van der Waals surface area contributed by atoms with Gasteiger partial charge >= 0.3 is 0 Å². The topological polar surface area (TPSA) is 87.7 Å². The van der Waals surface area contributed by atoms with Crippen LogP contribution in [0, 0.1) is 19.7 Å². The van der Waals surface area contributed by atoms with Gasteiger partial charge in [0.15, 0.2) is 5.16 Å². The number of benzene rings is 2. The van der Waals surface area contributed by atoms with Crippen LogP contribution in [0.2, 0.25) is 0 Å². The maximum Gasteiger partial charge on any atom is 0.247 e. The molecule has 8 nitrogen and oxygen atoms in total. The number of nitrogens with zero attached hydrogens (tertiary/aromatic N) is 4. The van der Waals surface area contributed by atoms with Gasteiger partial charge in [0.05, 0.1) is 19.0 Å². The van der Waals surface area contributed by atoms with Crippen molar-refractivity contribution >= 4 is 35.0 Å². The number of hydrogen-bond donors (Lipinski definition) is 1. The van der Waals surface area contributed by atoms with Crippen molar-refractivity contribution in [3.63, 3.8) is 0 Å². The Bertz CT molecular complexity index is 1260. The Morgan fingerprint density at radius 1 is 1.08 bits per heavy atom. The summed E-state index contributed by atoms with van der Waals surface area (Å²) < 4.78 is 20.0. The number of carbonyl (C=O) groups is 2. The smallest absolute Gasteiger partial charge is 0.247 e. The standard InChI is InChI=1S/C29H34FN5O3S/c1-4-26(28(37)33-23-9-11-24(12-10-23)34-13-15-38-16-14-34)35(18-22-7-5-6-8-25(22)30)27(36)19-39-29-31-20(2)17-21(3)32-29/h5-12,17,26H,4,13-16,18-19H2,1-3H3,(H,33,37). The van der Waals surface area contributed by atoms with E-state index in [0.29, 0.717) is 36.0 Å². The van der Waals surface area contributed by atoms with Crippen molar-refractivity contribution in [3.8, 4) is 0 Å². The molecule has 39 heavy (non-hydrogen) atoms. The number of anilines is 2. The van der Waals surface area contributed by atoms with E-state index in [2.05, 4.69) is 20.2 Å². The van der Waals surface area contributed by atoms with Crippen LogP contribution in [-0.2, 0) is 20.9 Å². The van der Waals surface area contributed by atoms with Crippen molar-refractivity contribution in [2.75, 3.05) is 42.3 Å². The lowest BCUT2D eigenvalue weighted by Crippen LogP contribution is -2.47. The van der Waals surface area contributed by atoms with Crippen LogP contribution in [-0.4, -0.2) is 64.8 Å². The first-order valence-corrected chi connectivity index (χ1v) is 14.0. The zero-order valence-corrected chi connectivity index (χ0v) is 23.3. The minimum absolute atomic E-state index is 0.0232. The van der Waals surface area contributed by atoms with Crippen molar-refractivity contribution in [1.82, 2.24) is 14.9 Å². The van der Waals surface area contributed by atoms with E-state index in [9.17, 15) is 14.0 Å². The molecule has 1 aromatic heterocycles. The number of hydrogen-bond acceptors (Lipinski definition) is 7. The third-order valence-corrected chi connectivity index (χ3v) is 7.31. The first-order chi connectivity index (χ1) is 18.8. The largest absolute Gasteiger partial charge is 0.378 e. The van der Waals surface area contributed by atoms with Gasteiger partial charge in [-0.15, -0.1) is 0 Å². The van der Waals surface area contributed by atoms with Crippen LogP contribution in [0.3, 0.4) is 0 Å². The van der Waals surface area contributed by atoms with Crippen molar-refractivity contribution < 1.29 is 18.7 Å². The van der Waals surface area contributed by atoms with Gasteiger partial charge in [0.25, 0.3) is 0 Å². The van der Waals surface area contributed by atoms with E-state index in [4.69, 9.17) is 4.74 Å². The molecule has 0 saturated carbocycles. The second-order valence-electron chi connectivity index (χ2n) is 9.39. The van der Waals surface area contributed by atoms with Crippen molar-refractivity contribution in [1.29, 1.82) is 0 Å². The number of aromatic nitrogens is 2. The predicted molar refractivity (Wildman–Crippen MR) is 151 cm³/mol. The number of nitrogens with one attached hydrogen (secondary N) is 1.